The zero-order chi connectivity index (χ0) is 18.0. The number of benzene rings is 2. The van der Waals surface area contributed by atoms with Gasteiger partial charge in [-0.25, -0.2) is 0 Å². The quantitative estimate of drug-likeness (QED) is 0.333. The molecule has 6 heteroatoms. The molecule has 0 aliphatic carbocycles. The number of hydrogen-bond acceptors (Lipinski definition) is 4. The first-order valence-electron chi connectivity index (χ1n) is 7.45. The van der Waals surface area contributed by atoms with Crippen LogP contribution in [0.1, 0.15) is 20.8 Å². The molecule has 2 aromatic carbocycles. The first-order valence-corrected chi connectivity index (χ1v) is 9.35. The molecule has 0 aliphatic heterocycles. The number of halogens is 1. The Kier molecular flexibility index (Phi) is 5.19. The van der Waals surface area contributed by atoms with Crippen LogP contribution in [0.25, 0.3) is 10.4 Å². The molecule has 0 saturated heterocycles. The standard InChI is InChI=1S/C19H14INO3S/c20-14-7-6-12(8-15(14)21)18(24)16-9-13(10-17(22)23)19(25-16)11-4-2-1-3-5-11/h1-9H,10,21H2,(H,22,23). The minimum atomic E-state index is -0.924. The first kappa shape index (κ1) is 17.6. The topological polar surface area (TPSA) is 80.4 Å². The summed E-state index contributed by atoms with van der Waals surface area (Å²) in [5.74, 6) is -1.07. The van der Waals surface area contributed by atoms with Gasteiger partial charge in [-0.15, -0.1) is 11.3 Å². The van der Waals surface area contributed by atoms with Crippen molar-refractivity contribution >= 4 is 51.4 Å². The lowest BCUT2D eigenvalue weighted by atomic mass is 10.0. The number of carboxylic acids is 1. The second kappa shape index (κ2) is 7.37. The molecule has 3 N–H and O–H groups in total. The van der Waals surface area contributed by atoms with Crippen LogP contribution in [0.2, 0.25) is 0 Å². The Labute approximate surface area is 162 Å². The fourth-order valence-electron chi connectivity index (χ4n) is 2.50. The SMILES string of the molecule is Nc1cc(C(=O)c2cc(CC(=O)O)c(-c3ccccc3)s2)ccc1I. The minimum absolute atomic E-state index is 0.122. The Morgan fingerprint density at radius 1 is 1.08 bits per heavy atom. The van der Waals surface area contributed by atoms with E-state index in [9.17, 15) is 14.7 Å². The van der Waals surface area contributed by atoms with Gasteiger partial charge >= 0.3 is 5.97 Å². The number of hydrogen-bond donors (Lipinski definition) is 2. The van der Waals surface area contributed by atoms with E-state index in [0.29, 0.717) is 21.7 Å². The van der Waals surface area contributed by atoms with E-state index in [0.717, 1.165) is 14.0 Å². The fourth-order valence-corrected chi connectivity index (χ4v) is 3.98. The van der Waals surface area contributed by atoms with Crippen LogP contribution >= 0.6 is 33.9 Å². The summed E-state index contributed by atoms with van der Waals surface area (Å²) in [5, 5.41) is 9.17. The third kappa shape index (κ3) is 3.91. The van der Waals surface area contributed by atoms with Crippen molar-refractivity contribution in [1.29, 1.82) is 0 Å². The third-order valence-corrected chi connectivity index (χ3v) is 5.88. The summed E-state index contributed by atoms with van der Waals surface area (Å²) >= 11 is 3.42. The molecule has 1 heterocycles. The van der Waals surface area contributed by atoms with Crippen LogP contribution in [0, 0.1) is 3.57 Å². The summed E-state index contributed by atoms with van der Waals surface area (Å²) in [6.07, 6.45) is -0.122. The smallest absolute Gasteiger partial charge is 0.307 e. The van der Waals surface area contributed by atoms with Gasteiger partial charge in [0.2, 0.25) is 5.78 Å². The Bertz CT molecular complexity index is 951. The van der Waals surface area contributed by atoms with Crippen LogP contribution in [0.4, 0.5) is 5.69 Å². The van der Waals surface area contributed by atoms with Crippen molar-refractivity contribution in [3.8, 4) is 10.4 Å². The van der Waals surface area contributed by atoms with Crippen molar-refractivity contribution < 1.29 is 14.7 Å². The van der Waals surface area contributed by atoms with Crippen molar-refractivity contribution in [2.75, 3.05) is 5.73 Å². The van der Waals surface area contributed by atoms with Crippen molar-refractivity contribution in [1.82, 2.24) is 0 Å². The summed E-state index contributed by atoms with van der Waals surface area (Å²) in [6, 6.07) is 16.4. The molecule has 0 bridgehead atoms. The van der Waals surface area contributed by atoms with E-state index in [-0.39, 0.29) is 12.2 Å². The number of carbonyl (C=O) groups excluding carboxylic acids is 1. The van der Waals surface area contributed by atoms with Crippen LogP contribution in [-0.4, -0.2) is 16.9 Å². The number of ketones is 1. The Morgan fingerprint density at radius 2 is 1.80 bits per heavy atom. The van der Waals surface area contributed by atoms with Crippen LogP contribution in [0.15, 0.2) is 54.6 Å². The Balaban J connectivity index is 2.04. The van der Waals surface area contributed by atoms with Gasteiger partial charge in [0.05, 0.1) is 11.3 Å². The molecule has 25 heavy (non-hydrogen) atoms. The molecule has 0 radical (unpaired) electrons. The van der Waals surface area contributed by atoms with Crippen LogP contribution < -0.4 is 5.73 Å². The summed E-state index contributed by atoms with van der Waals surface area (Å²) in [7, 11) is 0. The summed E-state index contributed by atoms with van der Waals surface area (Å²) in [4.78, 5) is 25.3. The monoisotopic (exact) mass is 463 g/mol. The van der Waals surface area contributed by atoms with E-state index < -0.39 is 5.97 Å². The van der Waals surface area contributed by atoms with E-state index in [1.807, 2.05) is 30.3 Å². The second-order valence-electron chi connectivity index (χ2n) is 5.47. The molecule has 126 valence electrons. The maximum absolute atomic E-state index is 12.8. The van der Waals surface area contributed by atoms with Gasteiger partial charge in [0.1, 0.15) is 0 Å². The van der Waals surface area contributed by atoms with E-state index in [2.05, 4.69) is 22.6 Å². The molecular formula is C19H14INO3S. The van der Waals surface area contributed by atoms with Gasteiger partial charge < -0.3 is 10.8 Å². The van der Waals surface area contributed by atoms with Crippen molar-refractivity contribution in [2.45, 2.75) is 6.42 Å². The molecule has 0 aliphatic rings. The van der Waals surface area contributed by atoms with Gasteiger partial charge in [0.25, 0.3) is 0 Å². The van der Waals surface area contributed by atoms with Crippen molar-refractivity contribution in [2.24, 2.45) is 0 Å². The van der Waals surface area contributed by atoms with Gasteiger partial charge in [-0.3, -0.25) is 9.59 Å². The number of carboxylic acid groups (broad SMARTS) is 1. The molecular weight excluding hydrogens is 449 g/mol. The van der Waals surface area contributed by atoms with E-state index in [1.165, 1.54) is 11.3 Å². The third-order valence-electron chi connectivity index (χ3n) is 3.67. The second-order valence-corrected chi connectivity index (χ2v) is 7.68. The molecule has 0 saturated carbocycles. The number of aliphatic carboxylic acids is 1. The number of nitrogens with two attached hydrogens (primary N) is 1. The van der Waals surface area contributed by atoms with Gasteiger partial charge in [0.15, 0.2) is 0 Å². The van der Waals surface area contributed by atoms with E-state index in [1.54, 1.807) is 24.3 Å². The van der Waals surface area contributed by atoms with Crippen LogP contribution in [0.3, 0.4) is 0 Å². The Hall–Kier alpha value is -2.19. The number of carbonyl (C=O) groups is 2. The number of rotatable bonds is 5. The van der Waals surface area contributed by atoms with Crippen LogP contribution in [-0.2, 0) is 11.2 Å². The predicted molar refractivity (Wildman–Crippen MR) is 108 cm³/mol. The predicted octanol–water partition coefficient (Wildman–Crippen LogP) is 4.46. The number of nitrogen functional groups attached to an aromatic ring is 1. The number of thiophene rings is 1. The zero-order valence-electron chi connectivity index (χ0n) is 13.0. The highest BCUT2D eigenvalue weighted by molar-refractivity contribution is 14.1. The average molecular weight is 463 g/mol. The highest BCUT2D eigenvalue weighted by Gasteiger charge is 2.19. The summed E-state index contributed by atoms with van der Waals surface area (Å²) in [6.45, 7) is 0. The normalized spacial score (nSPS) is 10.6. The molecule has 4 nitrogen and oxygen atoms in total. The minimum Gasteiger partial charge on any atom is -0.481 e. The molecule has 3 aromatic rings. The van der Waals surface area contributed by atoms with Crippen molar-refractivity contribution in [3.05, 3.63) is 74.2 Å². The van der Waals surface area contributed by atoms with Crippen molar-refractivity contribution in [3.63, 3.8) is 0 Å². The first-order chi connectivity index (χ1) is 12.0. The largest absolute Gasteiger partial charge is 0.481 e. The molecule has 0 fully saturated rings. The highest BCUT2D eigenvalue weighted by Crippen LogP contribution is 2.34. The lowest BCUT2D eigenvalue weighted by Crippen LogP contribution is -2.02. The fraction of sp³-hybridized carbons (Fsp3) is 0.0526. The maximum Gasteiger partial charge on any atom is 0.307 e. The Morgan fingerprint density at radius 3 is 2.44 bits per heavy atom. The summed E-state index contributed by atoms with van der Waals surface area (Å²) < 4.78 is 0.886. The molecule has 0 amide bonds. The highest BCUT2D eigenvalue weighted by atomic mass is 127. The zero-order valence-corrected chi connectivity index (χ0v) is 16.0. The maximum atomic E-state index is 12.8. The molecule has 0 spiro atoms. The van der Waals surface area contributed by atoms with E-state index >= 15 is 0 Å². The lowest BCUT2D eigenvalue weighted by Gasteiger charge is -2.02. The van der Waals surface area contributed by atoms with Gasteiger partial charge in [-0.05, 0) is 58.0 Å². The molecule has 1 aromatic heterocycles. The molecule has 0 atom stereocenters. The lowest BCUT2D eigenvalue weighted by molar-refractivity contribution is -0.136. The van der Waals surface area contributed by atoms with Gasteiger partial charge in [-0.2, -0.15) is 0 Å². The van der Waals surface area contributed by atoms with E-state index in [4.69, 9.17) is 5.73 Å². The number of anilines is 1. The summed E-state index contributed by atoms with van der Waals surface area (Å²) in [5.41, 5.74) is 8.50. The average Bonchev–Trinajstić information content (AvgIpc) is 3.00. The van der Waals surface area contributed by atoms with Gasteiger partial charge in [-0.1, -0.05) is 30.3 Å². The molecule has 3 rings (SSSR count). The van der Waals surface area contributed by atoms with Crippen LogP contribution in [0.5, 0.6) is 0 Å². The molecule has 0 unspecified atom stereocenters. The van der Waals surface area contributed by atoms with Gasteiger partial charge in [0, 0.05) is 19.7 Å².